The first kappa shape index (κ1) is 16.2. The van der Waals surface area contributed by atoms with Crippen molar-refractivity contribution in [2.45, 2.75) is 32.6 Å². The molecule has 126 valence electrons. The Morgan fingerprint density at radius 2 is 1.67 bits per heavy atom. The second kappa shape index (κ2) is 7.77. The van der Waals surface area contributed by atoms with Gasteiger partial charge < -0.3 is 15.5 Å². The first-order chi connectivity index (χ1) is 11.7. The molecule has 24 heavy (non-hydrogen) atoms. The molecule has 2 aromatic rings. The van der Waals surface area contributed by atoms with Crippen LogP contribution in [-0.4, -0.2) is 29.0 Å². The van der Waals surface area contributed by atoms with Crippen molar-refractivity contribution < 1.29 is 4.79 Å². The number of carbonyl (C=O) groups is 1. The van der Waals surface area contributed by atoms with Gasteiger partial charge in [0.05, 0.1) is 0 Å². The van der Waals surface area contributed by atoms with Crippen LogP contribution < -0.4 is 15.5 Å². The van der Waals surface area contributed by atoms with E-state index in [0.29, 0.717) is 5.95 Å². The zero-order valence-corrected chi connectivity index (χ0v) is 14.0. The minimum atomic E-state index is -0.0795. The Balaban J connectivity index is 1.68. The molecule has 1 amide bonds. The molecule has 1 saturated heterocycles. The molecule has 1 aliphatic heterocycles. The largest absolute Gasteiger partial charge is 0.356 e. The van der Waals surface area contributed by atoms with E-state index in [1.54, 1.807) is 6.20 Å². The Kier molecular flexibility index (Phi) is 5.25. The molecule has 2 heterocycles. The van der Waals surface area contributed by atoms with Crippen LogP contribution in [0.2, 0.25) is 0 Å². The van der Waals surface area contributed by atoms with Crippen molar-refractivity contribution in [3.63, 3.8) is 0 Å². The van der Waals surface area contributed by atoms with Crippen molar-refractivity contribution in [3.8, 4) is 0 Å². The molecule has 0 spiro atoms. The first-order valence-corrected chi connectivity index (χ1v) is 8.43. The van der Waals surface area contributed by atoms with E-state index in [4.69, 9.17) is 0 Å². The summed E-state index contributed by atoms with van der Waals surface area (Å²) in [5.74, 6) is 1.48. The van der Waals surface area contributed by atoms with Gasteiger partial charge in [0, 0.05) is 37.6 Å². The van der Waals surface area contributed by atoms with Gasteiger partial charge in [0.25, 0.3) is 0 Å². The summed E-state index contributed by atoms with van der Waals surface area (Å²) < 4.78 is 0. The van der Waals surface area contributed by atoms with E-state index in [-0.39, 0.29) is 5.91 Å². The van der Waals surface area contributed by atoms with Gasteiger partial charge in [-0.2, -0.15) is 4.98 Å². The molecule has 2 N–H and O–H groups in total. The fourth-order valence-electron chi connectivity index (χ4n) is 2.85. The minimum absolute atomic E-state index is 0.0795. The number of benzene rings is 1. The van der Waals surface area contributed by atoms with Crippen LogP contribution in [0.4, 0.5) is 23.1 Å². The molecule has 1 fully saturated rings. The summed E-state index contributed by atoms with van der Waals surface area (Å²) in [6, 6.07) is 9.46. The molecule has 6 heteroatoms. The lowest BCUT2D eigenvalue weighted by Crippen LogP contribution is -2.25. The molecule has 1 aliphatic rings. The van der Waals surface area contributed by atoms with E-state index in [0.717, 1.165) is 30.3 Å². The average Bonchev–Trinajstić information content (AvgIpc) is 2.86. The van der Waals surface area contributed by atoms with E-state index in [1.807, 2.05) is 30.3 Å². The highest BCUT2D eigenvalue weighted by atomic mass is 16.1. The zero-order chi connectivity index (χ0) is 16.8. The zero-order valence-electron chi connectivity index (χ0n) is 14.0. The summed E-state index contributed by atoms with van der Waals surface area (Å²) in [5, 5.41) is 5.97. The molecule has 0 radical (unpaired) electrons. The van der Waals surface area contributed by atoms with Crippen molar-refractivity contribution in [2.24, 2.45) is 0 Å². The third-order valence-corrected chi connectivity index (χ3v) is 4.03. The highest BCUT2D eigenvalue weighted by molar-refractivity contribution is 5.88. The Labute approximate surface area is 142 Å². The Bertz CT molecular complexity index is 678. The number of amides is 1. The highest BCUT2D eigenvalue weighted by Gasteiger charge is 2.11. The molecule has 0 aliphatic carbocycles. The lowest BCUT2D eigenvalue weighted by molar-refractivity contribution is -0.114. The first-order valence-electron chi connectivity index (χ1n) is 8.43. The topological polar surface area (TPSA) is 70.2 Å². The SMILES string of the molecule is CC(=O)Nc1ccc(Nc2nccc(N3CCCCCC3)n2)cc1. The lowest BCUT2D eigenvalue weighted by atomic mass is 10.2. The predicted octanol–water partition coefficient (Wildman–Crippen LogP) is 3.56. The van der Waals surface area contributed by atoms with Gasteiger partial charge in [-0.05, 0) is 43.2 Å². The van der Waals surface area contributed by atoms with Gasteiger partial charge in [0.2, 0.25) is 11.9 Å². The Morgan fingerprint density at radius 1 is 1.00 bits per heavy atom. The minimum Gasteiger partial charge on any atom is -0.356 e. The number of nitrogens with zero attached hydrogens (tertiary/aromatic N) is 3. The molecule has 0 atom stereocenters. The number of hydrogen-bond donors (Lipinski definition) is 2. The number of aromatic nitrogens is 2. The van der Waals surface area contributed by atoms with Crippen LogP contribution in [0, 0.1) is 0 Å². The second-order valence-electron chi connectivity index (χ2n) is 6.02. The third-order valence-electron chi connectivity index (χ3n) is 4.03. The Morgan fingerprint density at radius 3 is 2.33 bits per heavy atom. The van der Waals surface area contributed by atoms with Crippen LogP contribution in [0.25, 0.3) is 0 Å². The van der Waals surface area contributed by atoms with Crippen molar-refractivity contribution in [2.75, 3.05) is 28.6 Å². The smallest absolute Gasteiger partial charge is 0.229 e. The van der Waals surface area contributed by atoms with Gasteiger partial charge >= 0.3 is 0 Å². The number of nitrogens with one attached hydrogen (secondary N) is 2. The van der Waals surface area contributed by atoms with Crippen molar-refractivity contribution in [1.82, 2.24) is 9.97 Å². The molecule has 1 aromatic heterocycles. The van der Waals surface area contributed by atoms with Crippen molar-refractivity contribution in [3.05, 3.63) is 36.5 Å². The maximum absolute atomic E-state index is 11.0. The molecule has 3 rings (SSSR count). The predicted molar refractivity (Wildman–Crippen MR) is 96.7 cm³/mol. The van der Waals surface area contributed by atoms with Crippen LogP contribution in [0.1, 0.15) is 32.6 Å². The van der Waals surface area contributed by atoms with Crippen molar-refractivity contribution in [1.29, 1.82) is 0 Å². The van der Waals surface area contributed by atoms with E-state index in [1.165, 1.54) is 32.6 Å². The van der Waals surface area contributed by atoms with Crippen LogP contribution in [0.15, 0.2) is 36.5 Å². The van der Waals surface area contributed by atoms with Gasteiger partial charge in [-0.3, -0.25) is 4.79 Å². The van der Waals surface area contributed by atoms with Gasteiger partial charge in [0.1, 0.15) is 5.82 Å². The second-order valence-corrected chi connectivity index (χ2v) is 6.02. The van der Waals surface area contributed by atoms with E-state index in [2.05, 4.69) is 25.5 Å². The third kappa shape index (κ3) is 4.44. The summed E-state index contributed by atoms with van der Waals surface area (Å²) in [5.41, 5.74) is 1.66. The van der Waals surface area contributed by atoms with E-state index >= 15 is 0 Å². The summed E-state index contributed by atoms with van der Waals surface area (Å²) >= 11 is 0. The van der Waals surface area contributed by atoms with Gasteiger partial charge in [0.15, 0.2) is 0 Å². The summed E-state index contributed by atoms with van der Waals surface area (Å²) in [4.78, 5) is 22.3. The Hall–Kier alpha value is -2.63. The molecule has 0 bridgehead atoms. The summed E-state index contributed by atoms with van der Waals surface area (Å²) in [6.45, 7) is 3.61. The maximum Gasteiger partial charge on any atom is 0.229 e. The number of hydrogen-bond acceptors (Lipinski definition) is 5. The van der Waals surface area contributed by atoms with Gasteiger partial charge in [-0.15, -0.1) is 0 Å². The summed E-state index contributed by atoms with van der Waals surface area (Å²) in [6.07, 6.45) is 6.83. The lowest BCUT2D eigenvalue weighted by Gasteiger charge is -2.21. The van der Waals surface area contributed by atoms with Crippen LogP contribution in [-0.2, 0) is 4.79 Å². The van der Waals surface area contributed by atoms with Crippen molar-refractivity contribution >= 4 is 29.0 Å². The number of anilines is 4. The molecule has 1 aromatic carbocycles. The van der Waals surface area contributed by atoms with Crippen LogP contribution >= 0.6 is 0 Å². The van der Waals surface area contributed by atoms with Gasteiger partial charge in [-0.25, -0.2) is 4.98 Å². The standard InChI is InChI=1S/C18H23N5O/c1-14(24)20-15-6-8-16(9-7-15)21-18-19-11-10-17(22-18)23-12-4-2-3-5-13-23/h6-11H,2-5,12-13H2,1H3,(H,20,24)(H,19,21,22). The molecule has 0 unspecified atom stereocenters. The molecule has 0 saturated carbocycles. The quantitative estimate of drug-likeness (QED) is 0.899. The molecular formula is C18H23N5O. The number of rotatable bonds is 4. The average molecular weight is 325 g/mol. The monoisotopic (exact) mass is 325 g/mol. The molecular weight excluding hydrogens is 302 g/mol. The highest BCUT2D eigenvalue weighted by Crippen LogP contribution is 2.20. The maximum atomic E-state index is 11.0. The normalized spacial score (nSPS) is 14.8. The van der Waals surface area contributed by atoms with Crippen LogP contribution in [0.3, 0.4) is 0 Å². The number of carbonyl (C=O) groups excluding carboxylic acids is 1. The van der Waals surface area contributed by atoms with Crippen LogP contribution in [0.5, 0.6) is 0 Å². The van der Waals surface area contributed by atoms with Gasteiger partial charge in [-0.1, -0.05) is 12.8 Å². The van der Waals surface area contributed by atoms with E-state index in [9.17, 15) is 4.79 Å². The summed E-state index contributed by atoms with van der Waals surface area (Å²) in [7, 11) is 0. The molecule has 6 nitrogen and oxygen atoms in total. The van der Waals surface area contributed by atoms with E-state index < -0.39 is 0 Å². The fraction of sp³-hybridized carbons (Fsp3) is 0.389. The fourth-order valence-corrected chi connectivity index (χ4v) is 2.85.